The Morgan fingerprint density at radius 1 is 1.10 bits per heavy atom. The summed E-state index contributed by atoms with van der Waals surface area (Å²) in [6, 6.07) is 18.0. The van der Waals surface area contributed by atoms with E-state index in [-0.39, 0.29) is 29.7 Å². The van der Waals surface area contributed by atoms with Crippen LogP contribution in [0.2, 0.25) is 0 Å². The van der Waals surface area contributed by atoms with Gasteiger partial charge < -0.3 is 23.7 Å². The minimum Gasteiger partial charge on any atom is -0.497 e. The van der Waals surface area contributed by atoms with Crippen molar-refractivity contribution in [2.75, 3.05) is 20.3 Å². The van der Waals surface area contributed by atoms with Gasteiger partial charge in [0.1, 0.15) is 23.4 Å². The predicted molar refractivity (Wildman–Crippen MR) is 117 cm³/mol. The first kappa shape index (κ1) is 21.4. The molecular weight excluding hydrogens is 400 g/mol. The monoisotopic (exact) mass is 428 g/mol. The highest BCUT2D eigenvalue weighted by molar-refractivity contribution is 7.99. The van der Waals surface area contributed by atoms with Gasteiger partial charge in [-0.25, -0.2) is 0 Å². The molecule has 0 radical (unpaired) electrons. The molecule has 4 unspecified atom stereocenters. The Balaban J connectivity index is 1.50. The van der Waals surface area contributed by atoms with E-state index in [0.29, 0.717) is 13.2 Å². The van der Waals surface area contributed by atoms with E-state index < -0.39 is 6.29 Å². The summed E-state index contributed by atoms with van der Waals surface area (Å²) in [5.74, 6) is 0.957. The van der Waals surface area contributed by atoms with Gasteiger partial charge in [-0.3, -0.25) is 0 Å². The highest BCUT2D eigenvalue weighted by Crippen LogP contribution is 2.42. The van der Waals surface area contributed by atoms with Crippen LogP contribution in [0, 0.1) is 5.92 Å². The van der Waals surface area contributed by atoms with Crippen LogP contribution in [-0.2, 0) is 18.9 Å². The lowest BCUT2D eigenvalue weighted by molar-refractivity contribution is -0.315. The Labute approximate surface area is 182 Å². The molecular formula is C24H28O5S. The van der Waals surface area contributed by atoms with Crippen molar-refractivity contribution in [1.82, 2.24) is 0 Å². The minimum atomic E-state index is -0.413. The summed E-state index contributed by atoms with van der Waals surface area (Å²) < 4.78 is 30.2. The summed E-state index contributed by atoms with van der Waals surface area (Å²) in [7, 11) is 1.67. The maximum absolute atomic E-state index is 6.43. The normalized spacial score (nSPS) is 31.0. The Hall–Kier alpha value is -1.83. The van der Waals surface area contributed by atoms with Crippen LogP contribution in [0.25, 0.3) is 0 Å². The molecule has 2 aliphatic rings. The molecule has 5 nitrogen and oxygen atoms in total. The van der Waals surface area contributed by atoms with Crippen molar-refractivity contribution in [2.45, 2.75) is 41.9 Å². The molecule has 2 aromatic carbocycles. The van der Waals surface area contributed by atoms with E-state index in [1.807, 2.05) is 54.6 Å². The smallest absolute Gasteiger partial charge is 0.184 e. The van der Waals surface area contributed by atoms with Gasteiger partial charge in [-0.05, 0) is 24.3 Å². The van der Waals surface area contributed by atoms with Gasteiger partial charge >= 0.3 is 0 Å². The average molecular weight is 429 g/mol. The second kappa shape index (κ2) is 9.98. The molecule has 2 aliphatic heterocycles. The van der Waals surface area contributed by atoms with Crippen molar-refractivity contribution in [3.05, 3.63) is 72.8 Å². The van der Waals surface area contributed by atoms with E-state index in [2.05, 4.69) is 13.5 Å². The molecule has 0 bridgehead atoms. The zero-order chi connectivity index (χ0) is 20.9. The topological polar surface area (TPSA) is 46.2 Å². The molecule has 2 fully saturated rings. The van der Waals surface area contributed by atoms with Gasteiger partial charge in [0.2, 0.25) is 0 Å². The third-order valence-corrected chi connectivity index (χ3v) is 6.75. The first-order valence-corrected chi connectivity index (χ1v) is 11.1. The lowest BCUT2D eigenvalue weighted by atomic mass is 9.92. The van der Waals surface area contributed by atoms with Crippen LogP contribution < -0.4 is 4.74 Å². The molecule has 0 saturated carbocycles. The minimum absolute atomic E-state index is 0.0741. The molecule has 0 N–H and O–H groups in total. The van der Waals surface area contributed by atoms with Gasteiger partial charge in [0.25, 0.3) is 0 Å². The van der Waals surface area contributed by atoms with Gasteiger partial charge in [-0.1, -0.05) is 55.1 Å². The van der Waals surface area contributed by atoms with Crippen LogP contribution in [0.3, 0.4) is 0 Å². The summed E-state index contributed by atoms with van der Waals surface area (Å²) >= 11 is 1.69. The van der Waals surface area contributed by atoms with Crippen molar-refractivity contribution in [1.29, 1.82) is 0 Å². The van der Waals surface area contributed by atoms with Gasteiger partial charge in [-0.15, -0.1) is 6.58 Å². The fourth-order valence-corrected chi connectivity index (χ4v) is 4.97. The lowest BCUT2D eigenvalue weighted by Gasteiger charge is -2.48. The largest absolute Gasteiger partial charge is 0.497 e. The van der Waals surface area contributed by atoms with Gasteiger partial charge in [0, 0.05) is 16.4 Å². The zero-order valence-corrected chi connectivity index (χ0v) is 18.1. The molecule has 4 rings (SSSR count). The number of hydrogen-bond acceptors (Lipinski definition) is 6. The lowest BCUT2D eigenvalue weighted by Crippen LogP contribution is -2.58. The Morgan fingerprint density at radius 2 is 1.87 bits per heavy atom. The molecule has 6 heteroatoms. The fourth-order valence-electron chi connectivity index (χ4n) is 3.84. The van der Waals surface area contributed by atoms with Crippen LogP contribution in [0.1, 0.15) is 18.8 Å². The Morgan fingerprint density at radius 3 is 2.57 bits per heavy atom. The number of hydrogen-bond donors (Lipinski definition) is 0. The molecule has 2 heterocycles. The number of fused-ring (bicyclic) bond motifs is 1. The maximum atomic E-state index is 6.43. The van der Waals surface area contributed by atoms with Gasteiger partial charge in [0.05, 0.1) is 26.4 Å². The fraction of sp³-hybridized carbons (Fsp3) is 0.417. The third-order valence-electron chi connectivity index (χ3n) is 5.43. The van der Waals surface area contributed by atoms with Crippen LogP contribution >= 0.6 is 11.8 Å². The standard InChI is InChI=1S/C24H28O5S/c1-4-14-26-21-16(2)24(30-19-12-10-18(25-3)11-13-19)28-20-15-27-23(29-22(20)21)17-8-6-5-7-9-17/h4-13,16,20-24H,1,14-15H2,2-3H3/t16?,20?,21?,22-,23?,24-/m0/s1. The predicted octanol–water partition coefficient (Wildman–Crippen LogP) is 4.83. The molecule has 6 atom stereocenters. The average Bonchev–Trinajstić information content (AvgIpc) is 2.80. The second-order valence-electron chi connectivity index (χ2n) is 7.46. The Bertz CT molecular complexity index is 812. The van der Waals surface area contributed by atoms with E-state index >= 15 is 0 Å². The summed E-state index contributed by atoms with van der Waals surface area (Å²) in [4.78, 5) is 1.12. The highest BCUT2D eigenvalue weighted by Gasteiger charge is 2.49. The first-order valence-electron chi connectivity index (χ1n) is 10.2. The molecule has 0 aliphatic carbocycles. The van der Waals surface area contributed by atoms with Crippen molar-refractivity contribution >= 4 is 11.8 Å². The maximum Gasteiger partial charge on any atom is 0.184 e. The molecule has 160 valence electrons. The second-order valence-corrected chi connectivity index (χ2v) is 8.63. The van der Waals surface area contributed by atoms with Gasteiger partial charge in [-0.2, -0.15) is 0 Å². The number of ether oxygens (including phenoxy) is 5. The molecule has 0 amide bonds. The first-order chi connectivity index (χ1) is 14.7. The number of methoxy groups -OCH3 is 1. The van der Waals surface area contributed by atoms with Crippen molar-refractivity contribution in [3.8, 4) is 5.75 Å². The van der Waals surface area contributed by atoms with E-state index in [9.17, 15) is 0 Å². The highest BCUT2D eigenvalue weighted by atomic mass is 32.2. The number of thioether (sulfide) groups is 1. The molecule has 2 aromatic rings. The number of benzene rings is 2. The van der Waals surface area contributed by atoms with E-state index in [0.717, 1.165) is 16.2 Å². The zero-order valence-electron chi connectivity index (χ0n) is 17.3. The van der Waals surface area contributed by atoms with E-state index in [1.54, 1.807) is 24.9 Å². The molecule has 0 spiro atoms. The Kier molecular flexibility index (Phi) is 7.12. The van der Waals surface area contributed by atoms with Crippen molar-refractivity contribution in [2.24, 2.45) is 5.92 Å². The molecule has 2 saturated heterocycles. The summed E-state index contributed by atoms with van der Waals surface area (Å²) in [6.45, 7) is 6.89. The van der Waals surface area contributed by atoms with Crippen molar-refractivity contribution < 1.29 is 23.7 Å². The van der Waals surface area contributed by atoms with Crippen LogP contribution in [-0.4, -0.2) is 44.1 Å². The van der Waals surface area contributed by atoms with E-state index in [1.165, 1.54) is 0 Å². The quantitative estimate of drug-likeness (QED) is 0.589. The van der Waals surface area contributed by atoms with Crippen LogP contribution in [0.5, 0.6) is 5.75 Å². The summed E-state index contributed by atoms with van der Waals surface area (Å²) in [6.07, 6.45) is 0.853. The molecule has 0 aromatic heterocycles. The SMILES string of the molecule is C=CCOC1C(C)[C@H](Sc2ccc(OC)cc2)OC2COC(c3ccccc3)O[C@@H]21. The summed E-state index contributed by atoms with van der Waals surface area (Å²) in [5.41, 5.74) is 0.927. The van der Waals surface area contributed by atoms with Crippen LogP contribution in [0.4, 0.5) is 0 Å². The third kappa shape index (κ3) is 4.74. The van der Waals surface area contributed by atoms with E-state index in [4.69, 9.17) is 23.7 Å². The number of rotatable bonds is 7. The molecule has 30 heavy (non-hydrogen) atoms. The van der Waals surface area contributed by atoms with Crippen molar-refractivity contribution in [3.63, 3.8) is 0 Å². The van der Waals surface area contributed by atoms with Crippen LogP contribution in [0.15, 0.2) is 72.1 Å². The van der Waals surface area contributed by atoms with Gasteiger partial charge in [0.15, 0.2) is 6.29 Å². The summed E-state index contributed by atoms with van der Waals surface area (Å²) in [5, 5.41) is 0.